The second-order valence-electron chi connectivity index (χ2n) is 7.69. The normalized spacial score (nSPS) is 11.2. The molecule has 0 radical (unpaired) electrons. The molecule has 3 N–H and O–H groups in total. The Kier molecular flexibility index (Phi) is 9.34. The van der Waals surface area contributed by atoms with Crippen molar-refractivity contribution in [2.75, 3.05) is 23.8 Å². The van der Waals surface area contributed by atoms with E-state index in [9.17, 15) is 9.59 Å². The van der Waals surface area contributed by atoms with Gasteiger partial charge in [-0.25, -0.2) is 4.79 Å². The molecular formula is C27H31N3O4. The molecule has 0 bridgehead atoms. The number of ether oxygens (including phenoxy) is 2. The minimum absolute atomic E-state index is 0.0429. The van der Waals surface area contributed by atoms with Gasteiger partial charge >= 0.3 is 6.03 Å². The molecule has 0 fully saturated rings. The van der Waals surface area contributed by atoms with Crippen LogP contribution in [0.3, 0.4) is 0 Å². The maximum absolute atomic E-state index is 12.3. The largest absolute Gasteiger partial charge is 0.490 e. The molecule has 0 saturated carbocycles. The monoisotopic (exact) mass is 461 g/mol. The van der Waals surface area contributed by atoms with Gasteiger partial charge in [0.2, 0.25) is 5.91 Å². The summed E-state index contributed by atoms with van der Waals surface area (Å²) in [5, 5.41) is 8.57. The highest BCUT2D eigenvalue weighted by Gasteiger charge is 2.11. The molecular weight excluding hydrogens is 430 g/mol. The topological polar surface area (TPSA) is 88.7 Å². The standard InChI is InChI=1S/C27H31N3O4/c1-3-33-24-12-7-8-13-25(24)34-19-9-14-26(31)28-20(2)21-15-17-23(18-16-21)30-27(32)29-22-10-5-4-6-11-22/h4-8,10-13,15-18,20H,3,9,14,19H2,1-2H3,(H,28,31)(H2,29,30,32). The van der Waals surface area contributed by atoms with Gasteiger partial charge in [0.15, 0.2) is 11.5 Å². The Hall–Kier alpha value is -4.00. The molecule has 0 aliphatic heterocycles. The smallest absolute Gasteiger partial charge is 0.323 e. The summed E-state index contributed by atoms with van der Waals surface area (Å²) in [7, 11) is 0. The summed E-state index contributed by atoms with van der Waals surface area (Å²) in [4.78, 5) is 24.5. The summed E-state index contributed by atoms with van der Waals surface area (Å²) in [6.45, 7) is 4.85. The van der Waals surface area contributed by atoms with Crippen molar-refractivity contribution in [1.82, 2.24) is 5.32 Å². The number of hydrogen-bond donors (Lipinski definition) is 3. The van der Waals surface area contributed by atoms with Crippen LogP contribution in [0.15, 0.2) is 78.9 Å². The van der Waals surface area contributed by atoms with Gasteiger partial charge in [0.25, 0.3) is 0 Å². The molecule has 0 saturated heterocycles. The first-order valence-corrected chi connectivity index (χ1v) is 11.4. The maximum Gasteiger partial charge on any atom is 0.323 e. The molecule has 1 unspecified atom stereocenters. The van der Waals surface area contributed by atoms with Crippen molar-refractivity contribution in [3.8, 4) is 11.5 Å². The number of amides is 3. The van der Waals surface area contributed by atoms with Crippen molar-refractivity contribution in [2.24, 2.45) is 0 Å². The third-order valence-corrected chi connectivity index (χ3v) is 5.03. The third kappa shape index (κ3) is 7.85. The number of hydrogen-bond acceptors (Lipinski definition) is 4. The summed E-state index contributed by atoms with van der Waals surface area (Å²) in [5.41, 5.74) is 2.33. The van der Waals surface area contributed by atoms with E-state index in [1.165, 1.54) is 0 Å². The van der Waals surface area contributed by atoms with Crippen LogP contribution >= 0.6 is 0 Å². The Bertz CT molecular complexity index is 1050. The summed E-state index contributed by atoms with van der Waals surface area (Å²) < 4.78 is 11.3. The predicted molar refractivity (Wildman–Crippen MR) is 134 cm³/mol. The Labute approximate surface area is 200 Å². The molecule has 0 aromatic heterocycles. The van der Waals surface area contributed by atoms with Crippen LogP contribution in [0.5, 0.6) is 11.5 Å². The van der Waals surface area contributed by atoms with E-state index >= 15 is 0 Å². The van der Waals surface area contributed by atoms with E-state index in [2.05, 4.69) is 16.0 Å². The molecule has 3 amide bonds. The van der Waals surface area contributed by atoms with Gasteiger partial charge in [0.05, 0.1) is 19.3 Å². The van der Waals surface area contributed by atoms with Crippen molar-refractivity contribution in [3.05, 3.63) is 84.4 Å². The van der Waals surface area contributed by atoms with Gasteiger partial charge in [-0.1, -0.05) is 42.5 Å². The summed E-state index contributed by atoms with van der Waals surface area (Å²) >= 11 is 0. The second kappa shape index (κ2) is 12.9. The first-order valence-electron chi connectivity index (χ1n) is 11.4. The van der Waals surface area contributed by atoms with E-state index in [0.717, 1.165) is 11.3 Å². The molecule has 3 aromatic rings. The zero-order valence-electron chi connectivity index (χ0n) is 19.5. The molecule has 0 heterocycles. The lowest BCUT2D eigenvalue weighted by Gasteiger charge is -2.16. The van der Waals surface area contributed by atoms with Gasteiger partial charge < -0.3 is 25.4 Å². The zero-order chi connectivity index (χ0) is 24.2. The van der Waals surface area contributed by atoms with Crippen LogP contribution < -0.4 is 25.4 Å². The number of carbonyl (C=O) groups excluding carboxylic acids is 2. The Balaban J connectivity index is 1.39. The molecule has 0 aliphatic rings. The third-order valence-electron chi connectivity index (χ3n) is 5.03. The van der Waals surface area contributed by atoms with E-state index in [-0.39, 0.29) is 18.0 Å². The number of carbonyl (C=O) groups is 2. The van der Waals surface area contributed by atoms with Crippen LogP contribution in [-0.4, -0.2) is 25.2 Å². The highest BCUT2D eigenvalue weighted by Crippen LogP contribution is 2.26. The molecule has 0 spiro atoms. The lowest BCUT2D eigenvalue weighted by molar-refractivity contribution is -0.121. The number of benzene rings is 3. The number of urea groups is 1. The number of para-hydroxylation sites is 3. The minimum atomic E-state index is -0.314. The molecule has 3 rings (SSSR count). The van der Waals surface area contributed by atoms with Gasteiger partial charge in [-0.15, -0.1) is 0 Å². The van der Waals surface area contributed by atoms with Gasteiger partial charge in [0.1, 0.15) is 0 Å². The fourth-order valence-electron chi connectivity index (χ4n) is 3.33. The fourth-order valence-corrected chi connectivity index (χ4v) is 3.33. The first kappa shape index (κ1) is 24.6. The van der Waals surface area contributed by atoms with E-state index in [0.29, 0.717) is 43.2 Å². The second-order valence-corrected chi connectivity index (χ2v) is 7.69. The van der Waals surface area contributed by atoms with Crippen LogP contribution in [0, 0.1) is 0 Å². The summed E-state index contributed by atoms with van der Waals surface area (Å²) in [6.07, 6.45) is 0.957. The SMILES string of the molecule is CCOc1ccccc1OCCCC(=O)NC(C)c1ccc(NC(=O)Nc2ccccc2)cc1. The predicted octanol–water partition coefficient (Wildman–Crippen LogP) is 5.77. The van der Waals surface area contributed by atoms with E-state index in [1.54, 1.807) is 0 Å². The number of rotatable bonds is 11. The van der Waals surface area contributed by atoms with Crippen LogP contribution in [0.25, 0.3) is 0 Å². The van der Waals surface area contributed by atoms with E-state index in [1.807, 2.05) is 92.7 Å². The van der Waals surface area contributed by atoms with E-state index in [4.69, 9.17) is 9.47 Å². The molecule has 178 valence electrons. The summed E-state index contributed by atoms with van der Waals surface area (Å²) in [6, 6.07) is 23.7. The summed E-state index contributed by atoms with van der Waals surface area (Å²) in [5.74, 6) is 1.35. The van der Waals surface area contributed by atoms with Gasteiger partial charge in [-0.05, 0) is 62.2 Å². The lowest BCUT2D eigenvalue weighted by atomic mass is 10.1. The number of nitrogens with one attached hydrogen (secondary N) is 3. The Morgan fingerprint density at radius 3 is 2.03 bits per heavy atom. The van der Waals surface area contributed by atoms with Gasteiger partial charge in [0, 0.05) is 17.8 Å². The Morgan fingerprint density at radius 2 is 1.38 bits per heavy atom. The van der Waals surface area contributed by atoms with Crippen molar-refractivity contribution < 1.29 is 19.1 Å². The van der Waals surface area contributed by atoms with Crippen LogP contribution in [0.1, 0.15) is 38.3 Å². The molecule has 0 aliphatic carbocycles. The molecule has 7 heteroatoms. The molecule has 34 heavy (non-hydrogen) atoms. The lowest BCUT2D eigenvalue weighted by Crippen LogP contribution is -2.26. The zero-order valence-corrected chi connectivity index (χ0v) is 19.5. The minimum Gasteiger partial charge on any atom is -0.490 e. The Morgan fingerprint density at radius 1 is 0.794 bits per heavy atom. The van der Waals surface area contributed by atoms with Crippen molar-refractivity contribution in [2.45, 2.75) is 32.7 Å². The quantitative estimate of drug-likeness (QED) is 0.317. The van der Waals surface area contributed by atoms with Crippen molar-refractivity contribution in [1.29, 1.82) is 0 Å². The van der Waals surface area contributed by atoms with Crippen molar-refractivity contribution in [3.63, 3.8) is 0 Å². The highest BCUT2D eigenvalue weighted by atomic mass is 16.5. The molecule has 3 aromatic carbocycles. The fraction of sp³-hybridized carbons (Fsp3) is 0.259. The highest BCUT2D eigenvalue weighted by molar-refractivity contribution is 5.99. The molecule has 7 nitrogen and oxygen atoms in total. The number of anilines is 2. The average Bonchev–Trinajstić information content (AvgIpc) is 2.84. The van der Waals surface area contributed by atoms with Crippen LogP contribution in [-0.2, 0) is 4.79 Å². The molecule has 1 atom stereocenters. The van der Waals surface area contributed by atoms with Crippen LogP contribution in [0.2, 0.25) is 0 Å². The maximum atomic E-state index is 12.3. The first-order chi connectivity index (χ1) is 16.5. The van der Waals surface area contributed by atoms with E-state index < -0.39 is 0 Å². The van der Waals surface area contributed by atoms with Crippen LogP contribution in [0.4, 0.5) is 16.2 Å². The van der Waals surface area contributed by atoms with Gasteiger partial charge in [-0.2, -0.15) is 0 Å². The average molecular weight is 462 g/mol. The van der Waals surface area contributed by atoms with Gasteiger partial charge in [-0.3, -0.25) is 4.79 Å². The van der Waals surface area contributed by atoms with Crippen molar-refractivity contribution >= 4 is 23.3 Å².